The molecule has 1 amide bonds. The van der Waals surface area contributed by atoms with E-state index in [2.05, 4.69) is 27.4 Å². The number of rotatable bonds is 5. The molecule has 3 rings (SSSR count). The van der Waals surface area contributed by atoms with Gasteiger partial charge in [0.25, 0.3) is 0 Å². The summed E-state index contributed by atoms with van der Waals surface area (Å²) in [5, 5.41) is 3.02. The zero-order valence-electron chi connectivity index (χ0n) is 12.8. The van der Waals surface area contributed by atoms with Crippen molar-refractivity contribution in [2.24, 2.45) is 5.92 Å². The maximum Gasteiger partial charge on any atom is 0.221 e. The number of hydrogen-bond acceptors (Lipinski definition) is 2. The Morgan fingerprint density at radius 2 is 2.23 bits per heavy atom. The number of carbonyl (C=O) groups excluding carboxylic acids is 1. The Bertz CT molecular complexity index is 660. The van der Waals surface area contributed by atoms with Crippen LogP contribution in [0.25, 0.3) is 11.3 Å². The molecule has 114 valence electrons. The summed E-state index contributed by atoms with van der Waals surface area (Å²) >= 11 is 0. The molecule has 1 aliphatic rings. The van der Waals surface area contributed by atoms with Crippen molar-refractivity contribution >= 4 is 5.91 Å². The minimum atomic E-state index is -0.115. The third-order valence-electron chi connectivity index (χ3n) is 4.03. The minimum absolute atomic E-state index is 0.0849. The van der Waals surface area contributed by atoms with Crippen molar-refractivity contribution in [1.82, 2.24) is 15.3 Å². The van der Waals surface area contributed by atoms with Gasteiger partial charge in [0.1, 0.15) is 5.82 Å². The topological polar surface area (TPSA) is 57.8 Å². The number of carbonyl (C=O) groups is 1. The lowest BCUT2D eigenvalue weighted by Crippen LogP contribution is -2.28. The van der Waals surface area contributed by atoms with Gasteiger partial charge in [0.15, 0.2) is 0 Å². The molecule has 0 radical (unpaired) electrons. The van der Waals surface area contributed by atoms with Crippen LogP contribution in [0.2, 0.25) is 0 Å². The van der Waals surface area contributed by atoms with E-state index in [0.717, 1.165) is 29.9 Å². The lowest BCUT2D eigenvalue weighted by atomic mass is 10.0. The normalized spacial score (nSPS) is 18.3. The van der Waals surface area contributed by atoms with Crippen molar-refractivity contribution in [3.8, 4) is 11.3 Å². The van der Waals surface area contributed by atoms with Gasteiger partial charge in [0, 0.05) is 6.42 Å². The van der Waals surface area contributed by atoms with Gasteiger partial charge < -0.3 is 10.3 Å². The number of amides is 1. The van der Waals surface area contributed by atoms with Gasteiger partial charge in [0.05, 0.1) is 17.9 Å². The number of aromatic nitrogens is 2. The van der Waals surface area contributed by atoms with Crippen molar-refractivity contribution in [3.63, 3.8) is 0 Å². The largest absolute Gasteiger partial charge is 0.346 e. The predicted octanol–water partition coefficient (Wildman–Crippen LogP) is 3.61. The monoisotopic (exact) mass is 295 g/mol. The summed E-state index contributed by atoms with van der Waals surface area (Å²) in [6, 6.07) is 9.93. The SMILES string of the molecule is C[C@@H](NC(=O)C[C@@H]1C=CCC1)c1ncc(-c2ccccc2)[nH]1. The molecule has 0 aliphatic heterocycles. The molecule has 4 nitrogen and oxygen atoms in total. The van der Waals surface area contributed by atoms with E-state index in [0.29, 0.717) is 12.3 Å². The van der Waals surface area contributed by atoms with Crippen LogP contribution in [0.3, 0.4) is 0 Å². The summed E-state index contributed by atoms with van der Waals surface area (Å²) in [4.78, 5) is 19.8. The number of nitrogens with zero attached hydrogens (tertiary/aromatic N) is 1. The van der Waals surface area contributed by atoms with Crippen LogP contribution in [0.5, 0.6) is 0 Å². The van der Waals surface area contributed by atoms with Gasteiger partial charge in [-0.2, -0.15) is 0 Å². The lowest BCUT2D eigenvalue weighted by molar-refractivity contribution is -0.122. The molecule has 2 N–H and O–H groups in total. The standard InChI is InChI=1S/C18H21N3O/c1-13(20-17(22)11-14-7-5-6-8-14)18-19-12-16(21-18)15-9-3-2-4-10-15/h2-5,7,9-10,12-14H,6,8,11H2,1H3,(H,19,21)(H,20,22)/t13-,14-/m1/s1. The second-order valence-corrected chi connectivity index (χ2v) is 5.81. The van der Waals surface area contributed by atoms with E-state index >= 15 is 0 Å². The van der Waals surface area contributed by atoms with Crippen LogP contribution in [0.1, 0.15) is 38.1 Å². The fraction of sp³-hybridized carbons (Fsp3) is 0.333. The molecule has 0 unspecified atom stereocenters. The molecule has 0 saturated carbocycles. The number of allylic oxidation sites excluding steroid dienone is 2. The average Bonchev–Trinajstić information content (AvgIpc) is 3.19. The van der Waals surface area contributed by atoms with Gasteiger partial charge in [-0.3, -0.25) is 4.79 Å². The number of nitrogens with one attached hydrogen (secondary N) is 2. The van der Waals surface area contributed by atoms with Crippen molar-refractivity contribution in [3.05, 3.63) is 54.5 Å². The van der Waals surface area contributed by atoms with E-state index in [-0.39, 0.29) is 11.9 Å². The Balaban J connectivity index is 1.60. The molecular formula is C18H21N3O. The predicted molar refractivity (Wildman–Crippen MR) is 87.1 cm³/mol. The maximum atomic E-state index is 12.1. The number of imidazole rings is 1. The van der Waals surface area contributed by atoms with Crippen LogP contribution >= 0.6 is 0 Å². The molecular weight excluding hydrogens is 274 g/mol. The molecule has 4 heteroatoms. The Kier molecular flexibility index (Phi) is 4.37. The van der Waals surface area contributed by atoms with Crippen LogP contribution < -0.4 is 5.32 Å². The van der Waals surface area contributed by atoms with E-state index < -0.39 is 0 Å². The van der Waals surface area contributed by atoms with E-state index in [1.807, 2.05) is 43.5 Å². The van der Waals surface area contributed by atoms with Crippen molar-refractivity contribution in [2.75, 3.05) is 0 Å². The third kappa shape index (κ3) is 3.45. The quantitative estimate of drug-likeness (QED) is 0.828. The molecule has 0 spiro atoms. The maximum absolute atomic E-state index is 12.1. The van der Waals surface area contributed by atoms with Crippen molar-refractivity contribution in [1.29, 1.82) is 0 Å². The molecule has 1 aromatic carbocycles. The summed E-state index contributed by atoms with van der Waals surface area (Å²) in [6.45, 7) is 1.95. The number of aromatic amines is 1. The highest BCUT2D eigenvalue weighted by molar-refractivity contribution is 5.76. The van der Waals surface area contributed by atoms with Gasteiger partial charge >= 0.3 is 0 Å². The van der Waals surface area contributed by atoms with Crippen LogP contribution in [-0.2, 0) is 4.79 Å². The van der Waals surface area contributed by atoms with Crippen LogP contribution in [0.4, 0.5) is 0 Å². The number of benzene rings is 1. The molecule has 1 aliphatic carbocycles. The van der Waals surface area contributed by atoms with Gasteiger partial charge in [-0.1, -0.05) is 42.5 Å². The minimum Gasteiger partial charge on any atom is -0.346 e. The molecule has 1 aromatic heterocycles. The van der Waals surface area contributed by atoms with E-state index in [1.54, 1.807) is 0 Å². The summed E-state index contributed by atoms with van der Waals surface area (Å²) in [7, 11) is 0. The molecule has 0 bridgehead atoms. The summed E-state index contributed by atoms with van der Waals surface area (Å²) in [6.07, 6.45) is 8.84. The van der Waals surface area contributed by atoms with E-state index in [9.17, 15) is 4.79 Å². The lowest BCUT2D eigenvalue weighted by Gasteiger charge is -2.13. The van der Waals surface area contributed by atoms with Crippen molar-refractivity contribution < 1.29 is 4.79 Å². The zero-order valence-corrected chi connectivity index (χ0v) is 12.8. The second-order valence-electron chi connectivity index (χ2n) is 5.81. The first-order valence-corrected chi connectivity index (χ1v) is 7.78. The van der Waals surface area contributed by atoms with Gasteiger partial charge in [0.2, 0.25) is 5.91 Å². The Labute approximate surface area is 130 Å². The van der Waals surface area contributed by atoms with Gasteiger partial charge in [-0.15, -0.1) is 0 Å². The molecule has 0 fully saturated rings. The molecule has 22 heavy (non-hydrogen) atoms. The smallest absolute Gasteiger partial charge is 0.221 e. The highest BCUT2D eigenvalue weighted by atomic mass is 16.1. The third-order valence-corrected chi connectivity index (χ3v) is 4.03. The molecule has 1 heterocycles. The molecule has 2 atom stereocenters. The van der Waals surface area contributed by atoms with Gasteiger partial charge in [-0.05, 0) is 31.2 Å². The Morgan fingerprint density at radius 1 is 1.41 bits per heavy atom. The van der Waals surface area contributed by atoms with Crippen LogP contribution in [-0.4, -0.2) is 15.9 Å². The number of H-pyrrole nitrogens is 1. The average molecular weight is 295 g/mol. The van der Waals surface area contributed by atoms with Crippen LogP contribution in [0.15, 0.2) is 48.7 Å². The fourth-order valence-electron chi connectivity index (χ4n) is 2.79. The first-order valence-electron chi connectivity index (χ1n) is 7.78. The Morgan fingerprint density at radius 3 is 2.95 bits per heavy atom. The van der Waals surface area contributed by atoms with E-state index in [1.165, 1.54) is 0 Å². The van der Waals surface area contributed by atoms with Gasteiger partial charge in [-0.25, -0.2) is 4.98 Å². The highest BCUT2D eigenvalue weighted by Gasteiger charge is 2.17. The highest BCUT2D eigenvalue weighted by Crippen LogP contribution is 2.21. The molecule has 2 aromatic rings. The first-order chi connectivity index (χ1) is 10.7. The van der Waals surface area contributed by atoms with Crippen molar-refractivity contribution in [2.45, 2.75) is 32.2 Å². The number of hydrogen-bond donors (Lipinski definition) is 2. The molecule has 0 saturated heterocycles. The first kappa shape index (κ1) is 14.6. The Hall–Kier alpha value is -2.36. The fourth-order valence-corrected chi connectivity index (χ4v) is 2.79. The summed E-state index contributed by atoms with van der Waals surface area (Å²) in [5.41, 5.74) is 2.06. The summed E-state index contributed by atoms with van der Waals surface area (Å²) < 4.78 is 0. The summed E-state index contributed by atoms with van der Waals surface area (Å²) in [5.74, 6) is 1.26. The van der Waals surface area contributed by atoms with E-state index in [4.69, 9.17) is 0 Å². The van der Waals surface area contributed by atoms with Crippen LogP contribution in [0, 0.1) is 5.92 Å². The zero-order chi connectivity index (χ0) is 15.4. The second kappa shape index (κ2) is 6.60.